The lowest BCUT2D eigenvalue weighted by Crippen LogP contribution is -2.03. The molecule has 2 aromatic heterocycles. The Bertz CT molecular complexity index is 546. The highest BCUT2D eigenvalue weighted by molar-refractivity contribution is 7.12. The number of carbonyl (C=O) groups excluding carboxylic acids is 1. The van der Waals surface area contributed by atoms with Gasteiger partial charge in [0.05, 0.1) is 12.8 Å². The van der Waals surface area contributed by atoms with Crippen molar-refractivity contribution in [3.63, 3.8) is 0 Å². The number of thiazole rings is 1. The molecule has 0 atom stereocenters. The van der Waals surface area contributed by atoms with E-state index in [1.807, 2.05) is 23.9 Å². The molecule has 0 fully saturated rings. The Balaban J connectivity index is 2.24. The minimum absolute atomic E-state index is 0.198. The monoisotopic (exact) mass is 265 g/mol. The van der Waals surface area contributed by atoms with E-state index in [-0.39, 0.29) is 5.97 Å². The maximum atomic E-state index is 11.2. The second-order valence-corrected chi connectivity index (χ2v) is 4.83. The minimum atomic E-state index is -0.198. The highest BCUT2D eigenvalue weighted by Gasteiger charge is 2.15. The summed E-state index contributed by atoms with van der Waals surface area (Å²) >= 11 is 1.54. The van der Waals surface area contributed by atoms with E-state index in [4.69, 9.17) is 0 Å². The van der Waals surface area contributed by atoms with Crippen molar-refractivity contribution in [2.45, 2.75) is 26.7 Å². The van der Waals surface area contributed by atoms with Crippen LogP contribution < -0.4 is 0 Å². The number of hydrogen-bond donors (Lipinski definition) is 0. The molecule has 0 bridgehead atoms. The van der Waals surface area contributed by atoms with Crippen molar-refractivity contribution in [3.05, 3.63) is 28.5 Å². The fourth-order valence-corrected chi connectivity index (χ4v) is 2.52. The number of aromatic nitrogens is 3. The predicted octanol–water partition coefficient (Wildman–Crippen LogP) is 2.05. The van der Waals surface area contributed by atoms with Gasteiger partial charge in [0.15, 0.2) is 0 Å². The zero-order valence-electron chi connectivity index (χ0n) is 10.6. The average molecular weight is 265 g/mol. The van der Waals surface area contributed by atoms with Crippen molar-refractivity contribution in [3.8, 4) is 5.13 Å². The average Bonchev–Trinajstić information content (AvgIpc) is 2.96. The quantitative estimate of drug-likeness (QED) is 0.794. The van der Waals surface area contributed by atoms with Gasteiger partial charge in [-0.2, -0.15) is 5.10 Å². The van der Waals surface area contributed by atoms with Gasteiger partial charge >= 0.3 is 5.97 Å². The molecule has 0 aliphatic rings. The molecule has 96 valence electrons. The minimum Gasteiger partial charge on any atom is -0.469 e. The van der Waals surface area contributed by atoms with Crippen molar-refractivity contribution in [2.75, 3.05) is 7.11 Å². The third kappa shape index (κ3) is 2.43. The van der Waals surface area contributed by atoms with Crippen LogP contribution in [0.3, 0.4) is 0 Å². The van der Waals surface area contributed by atoms with Crippen LogP contribution in [0.1, 0.15) is 23.4 Å². The maximum absolute atomic E-state index is 11.2. The zero-order valence-corrected chi connectivity index (χ0v) is 11.5. The van der Waals surface area contributed by atoms with Crippen LogP contribution >= 0.6 is 11.3 Å². The molecule has 6 heteroatoms. The van der Waals surface area contributed by atoms with Crippen LogP contribution in [-0.2, 0) is 16.0 Å². The van der Waals surface area contributed by atoms with Crippen LogP contribution in [0, 0.1) is 13.8 Å². The Morgan fingerprint density at radius 3 is 2.89 bits per heavy atom. The van der Waals surface area contributed by atoms with Crippen LogP contribution in [0.15, 0.2) is 11.6 Å². The van der Waals surface area contributed by atoms with E-state index in [0.717, 1.165) is 22.1 Å². The third-order valence-corrected chi connectivity index (χ3v) is 3.60. The Morgan fingerprint density at radius 2 is 2.28 bits per heavy atom. The molecule has 0 amide bonds. The number of ether oxygens (including phenoxy) is 1. The summed E-state index contributed by atoms with van der Waals surface area (Å²) in [6.45, 7) is 3.94. The second-order valence-electron chi connectivity index (χ2n) is 3.95. The van der Waals surface area contributed by atoms with E-state index in [1.165, 1.54) is 18.4 Å². The number of carbonyl (C=O) groups is 1. The number of aryl methyl sites for hydroxylation is 1. The van der Waals surface area contributed by atoms with Gasteiger partial charge in [-0.15, -0.1) is 11.3 Å². The fourth-order valence-electron chi connectivity index (χ4n) is 1.87. The molecular weight excluding hydrogens is 250 g/mol. The summed E-state index contributed by atoms with van der Waals surface area (Å²) in [6.07, 6.45) is 2.78. The van der Waals surface area contributed by atoms with Crippen molar-refractivity contribution < 1.29 is 9.53 Å². The second kappa shape index (κ2) is 5.30. The first kappa shape index (κ1) is 12.8. The summed E-state index contributed by atoms with van der Waals surface area (Å²) in [6, 6.07) is 0. The first-order valence-electron chi connectivity index (χ1n) is 5.65. The van der Waals surface area contributed by atoms with E-state index >= 15 is 0 Å². The van der Waals surface area contributed by atoms with Gasteiger partial charge < -0.3 is 4.74 Å². The highest BCUT2D eigenvalue weighted by atomic mass is 32.1. The lowest BCUT2D eigenvalue weighted by atomic mass is 10.1. The topological polar surface area (TPSA) is 57.0 Å². The summed E-state index contributed by atoms with van der Waals surface area (Å²) in [4.78, 5) is 15.4. The summed E-state index contributed by atoms with van der Waals surface area (Å²) in [5, 5.41) is 7.23. The first-order valence-corrected chi connectivity index (χ1v) is 6.53. The zero-order chi connectivity index (χ0) is 13.1. The predicted molar refractivity (Wildman–Crippen MR) is 69.0 cm³/mol. The van der Waals surface area contributed by atoms with Gasteiger partial charge in [-0.05, 0) is 25.8 Å². The van der Waals surface area contributed by atoms with E-state index < -0.39 is 0 Å². The molecular formula is C12H15N3O2S. The lowest BCUT2D eigenvalue weighted by molar-refractivity contribution is -0.140. The smallest absolute Gasteiger partial charge is 0.305 e. The standard InChI is InChI=1S/C12H15N3O2S/c1-8-10(4-5-11(16)17-3)9(2)15(14-8)12-13-6-7-18-12/h6-7H,4-5H2,1-3H3. The maximum Gasteiger partial charge on any atom is 0.305 e. The molecule has 0 spiro atoms. The molecule has 2 heterocycles. The van der Waals surface area contributed by atoms with Crippen LogP contribution in [-0.4, -0.2) is 27.8 Å². The van der Waals surface area contributed by atoms with Gasteiger partial charge in [0.25, 0.3) is 0 Å². The molecule has 0 radical (unpaired) electrons. The Morgan fingerprint density at radius 1 is 1.50 bits per heavy atom. The Labute approximate surface area is 109 Å². The molecule has 2 aromatic rings. The van der Waals surface area contributed by atoms with Crippen LogP contribution in [0.2, 0.25) is 0 Å². The Hall–Kier alpha value is -1.69. The Kier molecular flexibility index (Phi) is 3.76. The van der Waals surface area contributed by atoms with E-state index in [2.05, 4.69) is 14.8 Å². The normalized spacial score (nSPS) is 10.6. The molecule has 0 saturated carbocycles. The summed E-state index contributed by atoms with van der Waals surface area (Å²) in [7, 11) is 1.40. The molecule has 18 heavy (non-hydrogen) atoms. The SMILES string of the molecule is COC(=O)CCc1c(C)nn(-c2nccs2)c1C. The third-order valence-electron chi connectivity index (χ3n) is 2.85. The van der Waals surface area contributed by atoms with Gasteiger partial charge in [0.2, 0.25) is 5.13 Å². The molecule has 2 rings (SSSR count). The van der Waals surface area contributed by atoms with Crippen molar-refractivity contribution in [1.82, 2.24) is 14.8 Å². The van der Waals surface area contributed by atoms with Gasteiger partial charge in [-0.3, -0.25) is 4.79 Å². The molecule has 0 aliphatic heterocycles. The van der Waals surface area contributed by atoms with Gasteiger partial charge in [0, 0.05) is 23.7 Å². The van der Waals surface area contributed by atoms with Crippen molar-refractivity contribution >= 4 is 17.3 Å². The number of esters is 1. The summed E-state index contributed by atoms with van der Waals surface area (Å²) in [5.74, 6) is -0.198. The van der Waals surface area contributed by atoms with Gasteiger partial charge in [-0.1, -0.05) is 0 Å². The fraction of sp³-hybridized carbons (Fsp3) is 0.417. The molecule has 0 unspecified atom stereocenters. The van der Waals surface area contributed by atoms with Crippen LogP contribution in [0.25, 0.3) is 5.13 Å². The van der Waals surface area contributed by atoms with E-state index in [0.29, 0.717) is 12.8 Å². The number of rotatable bonds is 4. The lowest BCUT2D eigenvalue weighted by Gasteiger charge is -2.02. The van der Waals surface area contributed by atoms with Crippen LogP contribution in [0.5, 0.6) is 0 Å². The number of methoxy groups -OCH3 is 1. The number of hydrogen-bond acceptors (Lipinski definition) is 5. The van der Waals surface area contributed by atoms with Crippen LogP contribution in [0.4, 0.5) is 0 Å². The largest absolute Gasteiger partial charge is 0.469 e. The molecule has 0 aromatic carbocycles. The molecule has 5 nitrogen and oxygen atoms in total. The number of nitrogens with zero attached hydrogens (tertiary/aromatic N) is 3. The molecule has 0 aliphatic carbocycles. The molecule has 0 N–H and O–H groups in total. The van der Waals surface area contributed by atoms with E-state index in [9.17, 15) is 4.79 Å². The molecule has 0 saturated heterocycles. The highest BCUT2D eigenvalue weighted by Crippen LogP contribution is 2.20. The van der Waals surface area contributed by atoms with Crippen molar-refractivity contribution in [2.24, 2.45) is 0 Å². The van der Waals surface area contributed by atoms with Gasteiger partial charge in [-0.25, -0.2) is 9.67 Å². The summed E-state index contributed by atoms with van der Waals surface area (Å²) in [5.41, 5.74) is 3.06. The van der Waals surface area contributed by atoms with Crippen molar-refractivity contribution in [1.29, 1.82) is 0 Å². The first-order chi connectivity index (χ1) is 8.63. The van der Waals surface area contributed by atoms with E-state index in [1.54, 1.807) is 6.20 Å². The summed E-state index contributed by atoms with van der Waals surface area (Å²) < 4.78 is 6.48. The van der Waals surface area contributed by atoms with Gasteiger partial charge in [0.1, 0.15) is 0 Å².